The van der Waals surface area contributed by atoms with E-state index < -0.39 is 11.8 Å². The summed E-state index contributed by atoms with van der Waals surface area (Å²) in [4.78, 5) is 9.83. The summed E-state index contributed by atoms with van der Waals surface area (Å²) < 4.78 is 12.2. The Hall–Kier alpha value is -0.900. The number of rotatable bonds is 1. The normalized spacial score (nSPS) is 8.27. The Balaban J connectivity index is 0.000000461. The molecule has 0 saturated carbocycles. The zero-order valence-corrected chi connectivity index (χ0v) is 7.11. The molecule has 2 nitrogen and oxygen atoms in total. The zero-order valence-electron chi connectivity index (χ0n) is 6.30. The van der Waals surface area contributed by atoms with Gasteiger partial charge in [0.2, 0.25) is 0 Å². The molecule has 1 aromatic rings. The maximum Gasteiger partial charge on any atom is 0.348 e. The summed E-state index contributed by atoms with van der Waals surface area (Å²) in [7, 11) is 0. The van der Waals surface area contributed by atoms with Crippen molar-refractivity contribution in [2.75, 3.05) is 0 Å². The van der Waals surface area contributed by atoms with Gasteiger partial charge in [-0.3, -0.25) is 0 Å². The SMILES string of the molecule is CC.O=C(O)c1sccc1F. The van der Waals surface area contributed by atoms with E-state index in [4.69, 9.17) is 5.11 Å². The lowest BCUT2D eigenvalue weighted by Crippen LogP contribution is -1.93. The number of carboxylic acid groups (broad SMARTS) is 1. The first-order valence-corrected chi connectivity index (χ1v) is 4.06. The summed E-state index contributed by atoms with van der Waals surface area (Å²) in [5.41, 5.74) is 0. The van der Waals surface area contributed by atoms with Gasteiger partial charge < -0.3 is 5.11 Å². The number of carbonyl (C=O) groups is 1. The predicted octanol–water partition coefficient (Wildman–Crippen LogP) is 2.61. The van der Waals surface area contributed by atoms with Gasteiger partial charge in [-0.05, 0) is 11.4 Å². The van der Waals surface area contributed by atoms with E-state index in [0.29, 0.717) is 0 Å². The van der Waals surface area contributed by atoms with E-state index in [2.05, 4.69) is 0 Å². The standard InChI is InChI=1S/C5H3FO2S.C2H6/c6-3-1-2-9-4(3)5(7)8;1-2/h1-2H,(H,7,8);1-2H3. The molecule has 1 heterocycles. The molecule has 0 aliphatic carbocycles. The van der Waals surface area contributed by atoms with Crippen molar-refractivity contribution in [1.29, 1.82) is 0 Å². The van der Waals surface area contributed by atoms with Crippen LogP contribution in [0.25, 0.3) is 0 Å². The first-order valence-electron chi connectivity index (χ1n) is 3.18. The largest absolute Gasteiger partial charge is 0.477 e. The predicted molar refractivity (Wildman–Crippen MR) is 42.6 cm³/mol. The molecular formula is C7H9FO2S. The van der Waals surface area contributed by atoms with Crippen LogP contribution in [0.3, 0.4) is 0 Å². The average Bonchev–Trinajstić information content (AvgIpc) is 2.39. The average molecular weight is 176 g/mol. The zero-order chi connectivity index (χ0) is 8.85. The number of halogens is 1. The summed E-state index contributed by atoms with van der Waals surface area (Å²) in [5, 5.41) is 9.63. The van der Waals surface area contributed by atoms with Gasteiger partial charge >= 0.3 is 5.97 Å². The van der Waals surface area contributed by atoms with Gasteiger partial charge in [-0.15, -0.1) is 11.3 Å². The van der Waals surface area contributed by atoms with Crippen LogP contribution in [-0.4, -0.2) is 11.1 Å². The molecule has 1 rings (SSSR count). The van der Waals surface area contributed by atoms with Gasteiger partial charge in [0.15, 0.2) is 0 Å². The van der Waals surface area contributed by atoms with E-state index in [-0.39, 0.29) is 4.88 Å². The minimum absolute atomic E-state index is 0.227. The van der Waals surface area contributed by atoms with E-state index in [1.54, 1.807) is 0 Å². The fraction of sp³-hybridized carbons (Fsp3) is 0.286. The second-order valence-electron chi connectivity index (χ2n) is 1.40. The summed E-state index contributed by atoms with van der Waals surface area (Å²) in [5.74, 6) is -1.87. The smallest absolute Gasteiger partial charge is 0.348 e. The van der Waals surface area contributed by atoms with Crippen LogP contribution in [0.2, 0.25) is 0 Å². The lowest BCUT2D eigenvalue weighted by molar-refractivity contribution is 0.0698. The number of hydrogen-bond donors (Lipinski definition) is 1. The van der Waals surface area contributed by atoms with E-state index in [9.17, 15) is 9.18 Å². The molecule has 1 aromatic heterocycles. The number of aromatic carboxylic acids is 1. The van der Waals surface area contributed by atoms with E-state index >= 15 is 0 Å². The molecule has 0 aliphatic heterocycles. The Morgan fingerprint density at radius 1 is 1.64 bits per heavy atom. The van der Waals surface area contributed by atoms with Gasteiger partial charge in [0, 0.05) is 0 Å². The maximum atomic E-state index is 12.2. The van der Waals surface area contributed by atoms with E-state index in [1.807, 2.05) is 13.8 Å². The number of hydrogen-bond acceptors (Lipinski definition) is 2. The fourth-order valence-corrected chi connectivity index (χ4v) is 1.05. The maximum absolute atomic E-state index is 12.2. The van der Waals surface area contributed by atoms with Gasteiger partial charge in [0.25, 0.3) is 0 Å². The monoisotopic (exact) mass is 176 g/mol. The van der Waals surface area contributed by atoms with Crippen LogP contribution in [0.15, 0.2) is 11.4 Å². The molecule has 0 amide bonds. The van der Waals surface area contributed by atoms with Gasteiger partial charge in [-0.25, -0.2) is 9.18 Å². The van der Waals surface area contributed by atoms with Crippen molar-refractivity contribution in [2.24, 2.45) is 0 Å². The van der Waals surface area contributed by atoms with Crippen LogP contribution in [0.1, 0.15) is 23.5 Å². The highest BCUT2D eigenvalue weighted by Crippen LogP contribution is 2.13. The highest BCUT2D eigenvalue weighted by Gasteiger charge is 2.09. The third-order valence-corrected chi connectivity index (χ3v) is 1.69. The van der Waals surface area contributed by atoms with Crippen molar-refractivity contribution in [2.45, 2.75) is 13.8 Å². The Kier molecular flexibility index (Phi) is 4.45. The summed E-state index contributed by atoms with van der Waals surface area (Å²) in [6, 6.07) is 1.13. The van der Waals surface area contributed by atoms with Crippen molar-refractivity contribution in [3.63, 3.8) is 0 Å². The number of thiophene rings is 1. The third-order valence-electron chi connectivity index (χ3n) is 0.811. The van der Waals surface area contributed by atoms with Crippen LogP contribution < -0.4 is 0 Å². The second kappa shape index (κ2) is 4.85. The highest BCUT2D eigenvalue weighted by atomic mass is 32.1. The van der Waals surface area contributed by atoms with Crippen LogP contribution in [0, 0.1) is 5.82 Å². The molecule has 11 heavy (non-hydrogen) atoms. The fourth-order valence-electron chi connectivity index (χ4n) is 0.446. The summed E-state index contributed by atoms with van der Waals surface area (Å²) >= 11 is 0.883. The Morgan fingerprint density at radius 2 is 2.18 bits per heavy atom. The molecule has 0 spiro atoms. The summed E-state index contributed by atoms with van der Waals surface area (Å²) in [6.07, 6.45) is 0. The minimum atomic E-state index is -1.21. The van der Waals surface area contributed by atoms with Crippen molar-refractivity contribution in [1.82, 2.24) is 0 Å². The first kappa shape index (κ1) is 10.1. The molecule has 0 unspecified atom stereocenters. The molecule has 62 valence electrons. The van der Waals surface area contributed by atoms with Gasteiger partial charge in [0.1, 0.15) is 10.7 Å². The summed E-state index contributed by atoms with van der Waals surface area (Å²) in [6.45, 7) is 4.00. The molecule has 0 aromatic carbocycles. The van der Waals surface area contributed by atoms with Crippen molar-refractivity contribution >= 4 is 17.3 Å². The van der Waals surface area contributed by atoms with Crippen molar-refractivity contribution < 1.29 is 14.3 Å². The molecule has 0 saturated heterocycles. The lowest BCUT2D eigenvalue weighted by Gasteiger charge is -1.82. The molecular weight excluding hydrogens is 167 g/mol. The molecule has 4 heteroatoms. The van der Waals surface area contributed by atoms with Gasteiger partial charge in [0.05, 0.1) is 0 Å². The number of carboxylic acids is 1. The second-order valence-corrected chi connectivity index (χ2v) is 2.32. The third kappa shape index (κ3) is 2.67. The van der Waals surface area contributed by atoms with Crippen LogP contribution in [0.4, 0.5) is 4.39 Å². The van der Waals surface area contributed by atoms with Crippen LogP contribution >= 0.6 is 11.3 Å². The molecule has 0 fully saturated rings. The molecule has 0 radical (unpaired) electrons. The first-order chi connectivity index (χ1) is 5.22. The van der Waals surface area contributed by atoms with E-state index in [1.165, 1.54) is 5.38 Å². The van der Waals surface area contributed by atoms with E-state index in [0.717, 1.165) is 17.4 Å². The highest BCUT2D eigenvalue weighted by molar-refractivity contribution is 7.11. The molecule has 0 aliphatic rings. The quantitative estimate of drug-likeness (QED) is 0.714. The van der Waals surface area contributed by atoms with Crippen molar-refractivity contribution in [3.8, 4) is 0 Å². The van der Waals surface area contributed by atoms with Crippen LogP contribution in [0.5, 0.6) is 0 Å². The van der Waals surface area contributed by atoms with Crippen LogP contribution in [-0.2, 0) is 0 Å². The Labute approximate surface area is 68.3 Å². The Bertz CT molecular complexity index is 232. The van der Waals surface area contributed by atoms with Crippen molar-refractivity contribution in [3.05, 3.63) is 22.1 Å². The topological polar surface area (TPSA) is 37.3 Å². The minimum Gasteiger partial charge on any atom is -0.477 e. The Morgan fingerprint density at radius 3 is 2.36 bits per heavy atom. The molecule has 1 N–H and O–H groups in total. The molecule has 0 atom stereocenters. The van der Waals surface area contributed by atoms with Gasteiger partial charge in [-0.2, -0.15) is 0 Å². The lowest BCUT2D eigenvalue weighted by atomic mass is 10.4. The molecule has 0 bridgehead atoms. The van der Waals surface area contributed by atoms with Gasteiger partial charge in [-0.1, -0.05) is 13.8 Å².